The first-order valence-electron chi connectivity index (χ1n) is 2.69. The predicted molar refractivity (Wildman–Crippen MR) is 31.6 cm³/mol. The highest BCUT2D eigenvalue weighted by molar-refractivity contribution is 4.58. The predicted octanol–water partition coefficient (Wildman–Crippen LogP) is 0.276. The maximum Gasteiger partial charge on any atom is 0.0547 e. The normalized spacial score (nSPS) is 15.0. The molecule has 1 unspecified atom stereocenters. The Morgan fingerprint density at radius 2 is 1.86 bits per heavy atom. The SMILES string of the molecule is CCC(C)C(N)N. The Hall–Kier alpha value is -0.0800. The molecule has 0 saturated carbocycles. The van der Waals surface area contributed by atoms with Gasteiger partial charge in [0.1, 0.15) is 0 Å². The van der Waals surface area contributed by atoms with Gasteiger partial charge in [0.05, 0.1) is 6.17 Å². The van der Waals surface area contributed by atoms with E-state index < -0.39 is 0 Å². The summed E-state index contributed by atoms with van der Waals surface area (Å²) in [5, 5.41) is 0. The molecule has 4 N–H and O–H groups in total. The molecule has 7 heavy (non-hydrogen) atoms. The summed E-state index contributed by atoms with van der Waals surface area (Å²) in [6.45, 7) is 4.13. The Labute approximate surface area is 44.9 Å². The van der Waals surface area contributed by atoms with E-state index in [-0.39, 0.29) is 6.17 Å². The third kappa shape index (κ3) is 2.60. The van der Waals surface area contributed by atoms with Crippen molar-refractivity contribution < 1.29 is 0 Å². The van der Waals surface area contributed by atoms with Crippen LogP contribution in [0.15, 0.2) is 0 Å². The van der Waals surface area contributed by atoms with E-state index >= 15 is 0 Å². The molecule has 1 atom stereocenters. The lowest BCUT2D eigenvalue weighted by Crippen LogP contribution is -2.36. The fourth-order valence-electron chi connectivity index (χ4n) is 0.272. The minimum absolute atomic E-state index is 0.134. The second-order valence-corrected chi connectivity index (χ2v) is 1.96. The van der Waals surface area contributed by atoms with Crippen LogP contribution in [0.2, 0.25) is 0 Å². The quantitative estimate of drug-likeness (QED) is 0.492. The van der Waals surface area contributed by atoms with Crippen molar-refractivity contribution in [3.8, 4) is 0 Å². The van der Waals surface area contributed by atoms with E-state index in [4.69, 9.17) is 11.5 Å². The fourth-order valence-corrected chi connectivity index (χ4v) is 0.272. The largest absolute Gasteiger partial charge is 0.316 e. The number of nitrogens with two attached hydrogens (primary N) is 2. The standard InChI is InChI=1S/C5H14N2/c1-3-4(2)5(6)7/h4-5H,3,6-7H2,1-2H3. The summed E-state index contributed by atoms with van der Waals surface area (Å²) in [5.74, 6) is 0.458. The summed E-state index contributed by atoms with van der Waals surface area (Å²) in [6, 6.07) is 0. The van der Waals surface area contributed by atoms with Gasteiger partial charge in [-0.05, 0) is 5.92 Å². The van der Waals surface area contributed by atoms with Crippen LogP contribution < -0.4 is 11.5 Å². The van der Waals surface area contributed by atoms with Crippen molar-refractivity contribution in [1.82, 2.24) is 0 Å². The van der Waals surface area contributed by atoms with Crippen LogP contribution in [0.1, 0.15) is 20.3 Å². The van der Waals surface area contributed by atoms with Crippen molar-refractivity contribution in [3.05, 3.63) is 0 Å². The summed E-state index contributed by atoms with van der Waals surface area (Å²) >= 11 is 0. The van der Waals surface area contributed by atoms with Crippen LogP contribution in [0.3, 0.4) is 0 Å². The van der Waals surface area contributed by atoms with Gasteiger partial charge < -0.3 is 11.5 Å². The van der Waals surface area contributed by atoms with Gasteiger partial charge >= 0.3 is 0 Å². The van der Waals surface area contributed by atoms with Gasteiger partial charge in [-0.25, -0.2) is 0 Å². The highest BCUT2D eigenvalue weighted by Crippen LogP contribution is 1.98. The minimum atomic E-state index is -0.134. The van der Waals surface area contributed by atoms with Crippen LogP contribution in [-0.2, 0) is 0 Å². The molecule has 0 radical (unpaired) electrons. The summed E-state index contributed by atoms with van der Waals surface area (Å²) < 4.78 is 0. The summed E-state index contributed by atoms with van der Waals surface area (Å²) in [7, 11) is 0. The van der Waals surface area contributed by atoms with E-state index in [1.807, 2.05) is 6.92 Å². The molecular formula is C5H14N2. The van der Waals surface area contributed by atoms with Crippen LogP contribution in [-0.4, -0.2) is 6.17 Å². The highest BCUT2D eigenvalue weighted by Gasteiger charge is 2.01. The topological polar surface area (TPSA) is 52.0 Å². The smallest absolute Gasteiger partial charge is 0.0547 e. The summed E-state index contributed by atoms with van der Waals surface area (Å²) in [6.07, 6.45) is 0.933. The number of hydrogen-bond donors (Lipinski definition) is 2. The molecule has 0 aromatic rings. The lowest BCUT2D eigenvalue weighted by molar-refractivity contribution is 0.454. The first-order chi connectivity index (χ1) is 3.18. The average Bonchev–Trinajstić information content (AvgIpc) is 1.65. The Bertz CT molecular complexity index is 43.3. The van der Waals surface area contributed by atoms with Crippen LogP contribution in [0.25, 0.3) is 0 Å². The highest BCUT2D eigenvalue weighted by atomic mass is 14.9. The molecule has 0 heterocycles. The molecule has 0 saturated heterocycles. The molecule has 0 fully saturated rings. The van der Waals surface area contributed by atoms with Gasteiger partial charge in [0.2, 0.25) is 0 Å². The van der Waals surface area contributed by atoms with Crippen LogP contribution in [0.4, 0.5) is 0 Å². The van der Waals surface area contributed by atoms with E-state index in [0.29, 0.717) is 5.92 Å². The van der Waals surface area contributed by atoms with Crippen molar-refractivity contribution >= 4 is 0 Å². The molecule has 0 spiro atoms. The van der Waals surface area contributed by atoms with Gasteiger partial charge in [0, 0.05) is 0 Å². The molecule has 2 heteroatoms. The summed E-state index contributed by atoms with van der Waals surface area (Å²) in [4.78, 5) is 0. The molecule has 2 nitrogen and oxygen atoms in total. The lowest BCUT2D eigenvalue weighted by atomic mass is 10.1. The van der Waals surface area contributed by atoms with Crippen molar-refractivity contribution in [2.75, 3.05) is 0 Å². The Balaban J connectivity index is 3.14. The monoisotopic (exact) mass is 102 g/mol. The molecule has 0 rings (SSSR count). The van der Waals surface area contributed by atoms with E-state index in [1.54, 1.807) is 0 Å². The third-order valence-electron chi connectivity index (χ3n) is 1.30. The van der Waals surface area contributed by atoms with Crippen molar-refractivity contribution in [2.45, 2.75) is 26.4 Å². The third-order valence-corrected chi connectivity index (χ3v) is 1.30. The molecule has 44 valence electrons. The van der Waals surface area contributed by atoms with Crippen molar-refractivity contribution in [1.29, 1.82) is 0 Å². The van der Waals surface area contributed by atoms with Gasteiger partial charge in [0.25, 0.3) is 0 Å². The van der Waals surface area contributed by atoms with E-state index in [9.17, 15) is 0 Å². The van der Waals surface area contributed by atoms with Crippen LogP contribution >= 0.6 is 0 Å². The molecule has 0 amide bonds. The molecule has 0 aliphatic rings. The first kappa shape index (κ1) is 6.92. The molecule has 0 aromatic heterocycles. The second-order valence-electron chi connectivity index (χ2n) is 1.96. The van der Waals surface area contributed by atoms with Gasteiger partial charge in [-0.1, -0.05) is 20.3 Å². The van der Waals surface area contributed by atoms with Gasteiger partial charge in [-0.15, -0.1) is 0 Å². The zero-order valence-electron chi connectivity index (χ0n) is 5.02. The zero-order valence-corrected chi connectivity index (χ0v) is 5.02. The van der Waals surface area contributed by atoms with E-state index in [2.05, 4.69) is 6.92 Å². The van der Waals surface area contributed by atoms with Gasteiger partial charge in [-0.3, -0.25) is 0 Å². The van der Waals surface area contributed by atoms with Crippen LogP contribution in [0, 0.1) is 5.92 Å². The summed E-state index contributed by atoms with van der Waals surface area (Å²) in [5.41, 5.74) is 10.6. The Kier molecular flexibility index (Phi) is 2.96. The number of rotatable bonds is 2. The number of hydrogen-bond acceptors (Lipinski definition) is 2. The Morgan fingerprint density at radius 1 is 1.43 bits per heavy atom. The fraction of sp³-hybridized carbons (Fsp3) is 1.00. The second kappa shape index (κ2) is 2.99. The maximum absolute atomic E-state index is 5.32. The molecule has 0 bridgehead atoms. The molecule has 0 aromatic carbocycles. The van der Waals surface area contributed by atoms with Gasteiger partial charge in [-0.2, -0.15) is 0 Å². The molecule has 0 aliphatic heterocycles. The minimum Gasteiger partial charge on any atom is -0.316 e. The van der Waals surface area contributed by atoms with Crippen molar-refractivity contribution in [2.24, 2.45) is 17.4 Å². The maximum atomic E-state index is 5.32. The van der Waals surface area contributed by atoms with E-state index in [1.165, 1.54) is 0 Å². The first-order valence-corrected chi connectivity index (χ1v) is 2.69. The van der Waals surface area contributed by atoms with E-state index in [0.717, 1.165) is 6.42 Å². The zero-order chi connectivity index (χ0) is 5.86. The lowest BCUT2D eigenvalue weighted by Gasteiger charge is -2.10. The molecular weight excluding hydrogens is 88.1 g/mol. The molecule has 0 aliphatic carbocycles. The average molecular weight is 102 g/mol. The Morgan fingerprint density at radius 3 is 1.86 bits per heavy atom. The van der Waals surface area contributed by atoms with Crippen LogP contribution in [0.5, 0.6) is 0 Å². The van der Waals surface area contributed by atoms with Gasteiger partial charge in [0.15, 0.2) is 0 Å². The van der Waals surface area contributed by atoms with Crippen molar-refractivity contribution in [3.63, 3.8) is 0 Å².